The molecule has 0 fully saturated rings. The van der Waals surface area contributed by atoms with Gasteiger partial charge in [0.25, 0.3) is 0 Å². The molecule has 0 amide bonds. The van der Waals surface area contributed by atoms with E-state index in [0.717, 1.165) is 17.9 Å². The van der Waals surface area contributed by atoms with Gasteiger partial charge in [-0.05, 0) is 24.9 Å². The van der Waals surface area contributed by atoms with Crippen LogP contribution >= 0.6 is 11.8 Å². The number of aromatic nitrogens is 2. The number of rotatable bonds is 8. The molecule has 1 rings (SSSR count). The first-order chi connectivity index (χ1) is 7.76. The minimum absolute atomic E-state index is 0.352. The molecule has 0 spiro atoms. The smallest absolute Gasteiger partial charge is 0.315 e. The molecule has 1 atom stereocenters. The Balaban J connectivity index is 2.28. The summed E-state index contributed by atoms with van der Waals surface area (Å²) in [5.74, 6) is 2.91. The molecule has 5 nitrogen and oxygen atoms in total. The van der Waals surface area contributed by atoms with E-state index in [1.54, 1.807) is 0 Å². The van der Waals surface area contributed by atoms with Gasteiger partial charge < -0.3 is 15.5 Å². The third-order valence-electron chi connectivity index (χ3n) is 2.09. The van der Waals surface area contributed by atoms with Crippen LogP contribution in [0.2, 0.25) is 0 Å². The topological polar surface area (TPSA) is 77.0 Å². The summed E-state index contributed by atoms with van der Waals surface area (Å²) < 4.78 is 5.38. The fourth-order valence-corrected chi connectivity index (χ4v) is 2.03. The molecule has 0 aliphatic carbocycles. The summed E-state index contributed by atoms with van der Waals surface area (Å²) in [6.07, 6.45) is 1.72. The van der Waals surface area contributed by atoms with Crippen molar-refractivity contribution < 1.29 is 4.42 Å². The lowest BCUT2D eigenvalue weighted by Gasteiger charge is -2.10. The number of nitrogens with zero attached hydrogens (tertiary/aromatic N) is 2. The van der Waals surface area contributed by atoms with E-state index in [2.05, 4.69) is 29.4 Å². The molecule has 0 aromatic carbocycles. The van der Waals surface area contributed by atoms with Gasteiger partial charge in [0.05, 0.1) is 0 Å². The van der Waals surface area contributed by atoms with Gasteiger partial charge in [0.1, 0.15) is 0 Å². The fraction of sp³-hybridized carbons (Fsp3) is 0.800. The first-order valence-corrected chi connectivity index (χ1v) is 6.78. The van der Waals surface area contributed by atoms with Crippen molar-refractivity contribution in [2.24, 2.45) is 5.73 Å². The predicted molar refractivity (Wildman–Crippen MR) is 67.8 cm³/mol. The minimum atomic E-state index is 0.352. The van der Waals surface area contributed by atoms with Crippen LogP contribution in [0.1, 0.15) is 26.2 Å². The van der Waals surface area contributed by atoms with Gasteiger partial charge in [-0.25, -0.2) is 0 Å². The average Bonchev–Trinajstić information content (AvgIpc) is 2.66. The molecule has 1 aromatic rings. The Bertz CT molecular complexity index is 292. The molecule has 1 unspecified atom stereocenters. The molecule has 0 saturated carbocycles. The van der Waals surface area contributed by atoms with Gasteiger partial charge in [0.15, 0.2) is 0 Å². The second-order valence-electron chi connectivity index (χ2n) is 3.57. The van der Waals surface area contributed by atoms with Crippen molar-refractivity contribution in [3.63, 3.8) is 0 Å². The highest BCUT2D eigenvalue weighted by molar-refractivity contribution is 7.99. The van der Waals surface area contributed by atoms with Gasteiger partial charge in [-0.1, -0.05) is 12.0 Å². The van der Waals surface area contributed by atoms with E-state index >= 15 is 0 Å². The van der Waals surface area contributed by atoms with Gasteiger partial charge in [-0.2, -0.15) is 11.8 Å². The number of nitrogens with two attached hydrogens (primary N) is 1. The third-order valence-corrected chi connectivity index (χ3v) is 3.03. The van der Waals surface area contributed by atoms with Crippen LogP contribution in [0.25, 0.3) is 0 Å². The predicted octanol–water partition coefficient (Wildman–Crippen LogP) is 1.51. The van der Waals surface area contributed by atoms with Crippen LogP contribution in [-0.4, -0.2) is 34.3 Å². The summed E-state index contributed by atoms with van der Waals surface area (Å²) in [6, 6.07) is 0.850. The Labute approximate surface area is 101 Å². The van der Waals surface area contributed by atoms with Crippen molar-refractivity contribution in [2.45, 2.75) is 32.7 Å². The highest BCUT2D eigenvalue weighted by Gasteiger charge is 2.08. The molecule has 0 bridgehead atoms. The zero-order valence-corrected chi connectivity index (χ0v) is 10.7. The first kappa shape index (κ1) is 13.3. The number of hydrogen-bond acceptors (Lipinski definition) is 6. The van der Waals surface area contributed by atoms with Gasteiger partial charge in [-0.15, -0.1) is 5.10 Å². The fourth-order valence-electron chi connectivity index (χ4n) is 1.22. The molecule has 3 N–H and O–H groups in total. The normalized spacial score (nSPS) is 12.7. The van der Waals surface area contributed by atoms with E-state index in [9.17, 15) is 0 Å². The van der Waals surface area contributed by atoms with E-state index in [0.29, 0.717) is 30.9 Å². The van der Waals surface area contributed by atoms with Crippen LogP contribution < -0.4 is 11.1 Å². The van der Waals surface area contributed by atoms with E-state index in [-0.39, 0.29) is 0 Å². The van der Waals surface area contributed by atoms with Gasteiger partial charge in [0, 0.05) is 19.0 Å². The molecule has 0 aliphatic heterocycles. The van der Waals surface area contributed by atoms with Crippen LogP contribution in [0.5, 0.6) is 0 Å². The van der Waals surface area contributed by atoms with Crippen LogP contribution in [-0.2, 0) is 6.42 Å². The Morgan fingerprint density at radius 2 is 2.31 bits per heavy atom. The Hall–Kier alpha value is -0.750. The van der Waals surface area contributed by atoms with Crippen LogP contribution in [0.4, 0.5) is 6.01 Å². The maximum Gasteiger partial charge on any atom is 0.315 e. The number of thioether (sulfide) groups is 1. The lowest BCUT2D eigenvalue weighted by atomic mass is 10.3. The maximum atomic E-state index is 5.40. The molecular formula is C10H20N4OS. The van der Waals surface area contributed by atoms with Crippen molar-refractivity contribution in [1.82, 2.24) is 10.2 Å². The lowest BCUT2D eigenvalue weighted by molar-refractivity contribution is 0.500. The number of nitrogens with one attached hydrogen (secondary N) is 1. The highest BCUT2D eigenvalue weighted by atomic mass is 32.2. The van der Waals surface area contributed by atoms with Crippen molar-refractivity contribution in [3.05, 3.63) is 5.89 Å². The minimum Gasteiger partial charge on any atom is -0.408 e. The van der Waals surface area contributed by atoms with Gasteiger partial charge in [0.2, 0.25) is 5.89 Å². The van der Waals surface area contributed by atoms with E-state index < -0.39 is 0 Å². The van der Waals surface area contributed by atoms with Gasteiger partial charge in [-0.3, -0.25) is 0 Å². The number of anilines is 1. The summed E-state index contributed by atoms with van der Waals surface area (Å²) in [5.41, 5.74) is 5.40. The largest absolute Gasteiger partial charge is 0.408 e. The highest BCUT2D eigenvalue weighted by Crippen LogP contribution is 2.10. The van der Waals surface area contributed by atoms with Crippen LogP contribution in [0.3, 0.4) is 0 Å². The number of hydrogen-bond donors (Lipinski definition) is 2. The van der Waals surface area contributed by atoms with Crippen LogP contribution in [0.15, 0.2) is 4.42 Å². The molecule has 0 saturated heterocycles. The van der Waals surface area contributed by atoms with Crippen molar-refractivity contribution in [1.29, 1.82) is 0 Å². The standard InChI is InChI=1S/C10H20N4OS/c1-3-16-7-5-8(2)12-10-14-13-9(15-10)4-6-11/h8H,3-7,11H2,1-2H3,(H,12,14). The van der Waals surface area contributed by atoms with Crippen molar-refractivity contribution >= 4 is 17.8 Å². The quantitative estimate of drug-likeness (QED) is 0.675. The molecule has 0 aliphatic rings. The van der Waals surface area contributed by atoms with E-state index in [4.69, 9.17) is 10.2 Å². The molecular weight excluding hydrogens is 224 g/mol. The maximum absolute atomic E-state index is 5.40. The van der Waals surface area contributed by atoms with Crippen molar-refractivity contribution in [2.75, 3.05) is 23.4 Å². The second-order valence-corrected chi connectivity index (χ2v) is 4.96. The molecule has 1 heterocycles. The molecule has 16 heavy (non-hydrogen) atoms. The van der Waals surface area contributed by atoms with Gasteiger partial charge >= 0.3 is 6.01 Å². The van der Waals surface area contributed by atoms with E-state index in [1.165, 1.54) is 0 Å². The van der Waals surface area contributed by atoms with Crippen molar-refractivity contribution in [3.8, 4) is 0 Å². The lowest BCUT2D eigenvalue weighted by Crippen LogP contribution is -2.16. The Kier molecular flexibility index (Phi) is 6.25. The SMILES string of the molecule is CCSCCC(C)Nc1nnc(CCN)o1. The summed E-state index contributed by atoms with van der Waals surface area (Å²) >= 11 is 1.94. The Morgan fingerprint density at radius 1 is 1.50 bits per heavy atom. The summed E-state index contributed by atoms with van der Waals surface area (Å²) in [7, 11) is 0. The van der Waals surface area contributed by atoms with E-state index in [1.807, 2.05) is 11.8 Å². The van der Waals surface area contributed by atoms with Crippen LogP contribution in [0, 0.1) is 0 Å². The Morgan fingerprint density at radius 3 is 3.00 bits per heavy atom. The second kappa shape index (κ2) is 7.51. The molecule has 6 heteroatoms. The zero-order valence-electron chi connectivity index (χ0n) is 9.90. The molecule has 0 radical (unpaired) electrons. The zero-order chi connectivity index (χ0) is 11.8. The summed E-state index contributed by atoms with van der Waals surface area (Å²) in [6.45, 7) is 4.81. The molecule has 1 aromatic heterocycles. The molecule has 92 valence electrons. The summed E-state index contributed by atoms with van der Waals surface area (Å²) in [4.78, 5) is 0. The summed E-state index contributed by atoms with van der Waals surface area (Å²) in [5, 5.41) is 11.0. The first-order valence-electron chi connectivity index (χ1n) is 5.63. The monoisotopic (exact) mass is 244 g/mol. The third kappa shape index (κ3) is 4.85. The average molecular weight is 244 g/mol.